The quantitative estimate of drug-likeness (QED) is 0.850. The maximum Gasteiger partial charge on any atom is 0.328 e. The van der Waals surface area contributed by atoms with Crippen LogP contribution in [0.2, 0.25) is 0 Å². The molecular weight excluding hydrogens is 322 g/mol. The fourth-order valence-electron chi connectivity index (χ4n) is 1.60. The SMILES string of the molecule is O=C(O)C=Cc1cccc(Br)c1OCc1ccccn1. The van der Waals surface area contributed by atoms with Crippen molar-refractivity contribution in [3.05, 3.63) is 64.4 Å². The maximum absolute atomic E-state index is 10.6. The summed E-state index contributed by atoms with van der Waals surface area (Å²) in [6.07, 6.45) is 4.28. The normalized spacial score (nSPS) is 10.7. The van der Waals surface area contributed by atoms with E-state index >= 15 is 0 Å². The van der Waals surface area contributed by atoms with Crippen molar-refractivity contribution in [2.45, 2.75) is 6.61 Å². The van der Waals surface area contributed by atoms with Crippen molar-refractivity contribution in [2.24, 2.45) is 0 Å². The Bertz CT molecular complexity index is 626. The van der Waals surface area contributed by atoms with Gasteiger partial charge in [-0.15, -0.1) is 0 Å². The van der Waals surface area contributed by atoms with E-state index in [2.05, 4.69) is 20.9 Å². The zero-order valence-corrected chi connectivity index (χ0v) is 12.1. The molecule has 20 heavy (non-hydrogen) atoms. The van der Waals surface area contributed by atoms with Crippen LogP contribution in [0.25, 0.3) is 6.08 Å². The van der Waals surface area contributed by atoms with Crippen molar-refractivity contribution in [1.82, 2.24) is 4.98 Å². The molecule has 0 bridgehead atoms. The number of benzene rings is 1. The molecule has 1 aromatic carbocycles. The van der Waals surface area contributed by atoms with Crippen molar-refractivity contribution in [1.29, 1.82) is 0 Å². The van der Waals surface area contributed by atoms with Gasteiger partial charge in [-0.3, -0.25) is 4.98 Å². The Kier molecular flexibility index (Phi) is 4.90. The third-order valence-electron chi connectivity index (χ3n) is 2.49. The number of aliphatic carboxylic acids is 1. The predicted molar refractivity (Wildman–Crippen MR) is 79.4 cm³/mol. The van der Waals surface area contributed by atoms with Gasteiger partial charge < -0.3 is 9.84 Å². The molecule has 0 aliphatic rings. The van der Waals surface area contributed by atoms with Crippen molar-refractivity contribution in [3.8, 4) is 5.75 Å². The lowest BCUT2D eigenvalue weighted by atomic mass is 10.2. The summed E-state index contributed by atoms with van der Waals surface area (Å²) in [5.41, 5.74) is 1.49. The van der Waals surface area contributed by atoms with Gasteiger partial charge in [0.05, 0.1) is 10.2 Å². The van der Waals surface area contributed by atoms with Gasteiger partial charge in [0, 0.05) is 17.8 Å². The van der Waals surface area contributed by atoms with Crippen LogP contribution in [0.15, 0.2) is 53.1 Å². The number of pyridine rings is 1. The van der Waals surface area contributed by atoms with Gasteiger partial charge in [0.2, 0.25) is 0 Å². The summed E-state index contributed by atoms with van der Waals surface area (Å²) < 4.78 is 6.50. The van der Waals surface area contributed by atoms with Gasteiger partial charge in [0.15, 0.2) is 0 Å². The number of hydrogen-bond acceptors (Lipinski definition) is 3. The Morgan fingerprint density at radius 1 is 1.30 bits per heavy atom. The van der Waals surface area contributed by atoms with Crippen molar-refractivity contribution in [2.75, 3.05) is 0 Å². The average molecular weight is 334 g/mol. The molecule has 0 spiro atoms. The van der Waals surface area contributed by atoms with Gasteiger partial charge in [0.1, 0.15) is 12.4 Å². The highest BCUT2D eigenvalue weighted by Gasteiger charge is 2.07. The van der Waals surface area contributed by atoms with E-state index in [9.17, 15) is 4.79 Å². The van der Waals surface area contributed by atoms with Crippen LogP contribution in [0, 0.1) is 0 Å². The van der Waals surface area contributed by atoms with Crippen LogP contribution in [0.5, 0.6) is 5.75 Å². The maximum atomic E-state index is 10.6. The summed E-state index contributed by atoms with van der Waals surface area (Å²) in [5.74, 6) is -0.406. The smallest absolute Gasteiger partial charge is 0.328 e. The van der Waals surface area contributed by atoms with E-state index in [1.807, 2.05) is 30.3 Å². The summed E-state index contributed by atoms with van der Waals surface area (Å²) in [6, 6.07) is 11.0. The molecule has 2 rings (SSSR count). The molecule has 1 aromatic heterocycles. The molecule has 0 atom stereocenters. The number of aromatic nitrogens is 1. The van der Waals surface area contributed by atoms with E-state index in [-0.39, 0.29) is 0 Å². The van der Waals surface area contributed by atoms with Gasteiger partial charge >= 0.3 is 5.97 Å². The van der Waals surface area contributed by atoms with E-state index in [1.165, 1.54) is 6.08 Å². The van der Waals surface area contributed by atoms with Gasteiger partial charge in [-0.05, 0) is 40.2 Å². The minimum absolute atomic E-state index is 0.317. The Morgan fingerprint density at radius 3 is 2.85 bits per heavy atom. The Balaban J connectivity index is 2.19. The number of carbonyl (C=O) groups is 1. The largest absolute Gasteiger partial charge is 0.485 e. The van der Waals surface area contributed by atoms with Crippen LogP contribution >= 0.6 is 15.9 Å². The molecule has 2 aromatic rings. The van der Waals surface area contributed by atoms with E-state index in [0.717, 1.165) is 16.2 Å². The van der Waals surface area contributed by atoms with E-state index in [4.69, 9.17) is 9.84 Å². The molecule has 1 N–H and O–H groups in total. The molecule has 102 valence electrons. The number of carboxylic acid groups (broad SMARTS) is 1. The highest BCUT2D eigenvalue weighted by atomic mass is 79.9. The molecule has 4 nitrogen and oxygen atoms in total. The lowest BCUT2D eigenvalue weighted by Crippen LogP contribution is -1.99. The summed E-state index contributed by atoms with van der Waals surface area (Å²) in [5, 5.41) is 8.69. The summed E-state index contributed by atoms with van der Waals surface area (Å²) >= 11 is 3.40. The summed E-state index contributed by atoms with van der Waals surface area (Å²) in [7, 11) is 0. The van der Waals surface area contributed by atoms with Crippen molar-refractivity contribution >= 4 is 28.0 Å². The monoisotopic (exact) mass is 333 g/mol. The Labute approximate surface area is 124 Å². The van der Waals surface area contributed by atoms with E-state index in [1.54, 1.807) is 12.3 Å². The molecule has 0 aliphatic carbocycles. The van der Waals surface area contributed by atoms with Crippen LogP contribution in [-0.4, -0.2) is 16.1 Å². The first-order valence-electron chi connectivity index (χ1n) is 5.89. The second kappa shape index (κ2) is 6.86. The van der Waals surface area contributed by atoms with Crippen LogP contribution in [0.3, 0.4) is 0 Å². The predicted octanol–water partition coefficient (Wildman–Crippen LogP) is 3.52. The average Bonchev–Trinajstić information content (AvgIpc) is 2.45. The summed E-state index contributed by atoms with van der Waals surface area (Å²) in [4.78, 5) is 14.8. The number of ether oxygens (including phenoxy) is 1. The first-order valence-corrected chi connectivity index (χ1v) is 6.68. The molecule has 0 fully saturated rings. The lowest BCUT2D eigenvalue weighted by Gasteiger charge is -2.10. The minimum Gasteiger partial charge on any atom is -0.485 e. The van der Waals surface area contributed by atoms with Gasteiger partial charge in [-0.2, -0.15) is 0 Å². The Hall–Kier alpha value is -2.14. The second-order valence-corrected chi connectivity index (χ2v) is 4.79. The molecule has 5 heteroatoms. The molecule has 0 amide bonds. The zero-order chi connectivity index (χ0) is 14.4. The topological polar surface area (TPSA) is 59.4 Å². The van der Waals surface area contributed by atoms with E-state index in [0.29, 0.717) is 17.9 Å². The highest BCUT2D eigenvalue weighted by Crippen LogP contribution is 2.30. The van der Waals surface area contributed by atoms with Crippen LogP contribution < -0.4 is 4.74 Å². The third-order valence-corrected chi connectivity index (χ3v) is 3.12. The standard InChI is InChI=1S/C15H12BrNO3/c16-13-6-3-4-11(7-8-14(18)19)15(13)20-10-12-5-1-2-9-17-12/h1-9H,10H2,(H,18,19). The molecule has 0 unspecified atom stereocenters. The number of para-hydroxylation sites is 1. The molecular formula is C15H12BrNO3. The lowest BCUT2D eigenvalue weighted by molar-refractivity contribution is -0.131. The minimum atomic E-state index is -0.999. The molecule has 0 saturated carbocycles. The fourth-order valence-corrected chi connectivity index (χ4v) is 2.10. The number of hydrogen-bond donors (Lipinski definition) is 1. The molecule has 1 heterocycles. The van der Waals surface area contributed by atoms with Crippen molar-refractivity contribution < 1.29 is 14.6 Å². The Morgan fingerprint density at radius 2 is 2.15 bits per heavy atom. The number of carboxylic acids is 1. The fraction of sp³-hybridized carbons (Fsp3) is 0.0667. The molecule has 0 radical (unpaired) electrons. The van der Waals surface area contributed by atoms with E-state index < -0.39 is 5.97 Å². The van der Waals surface area contributed by atoms with Crippen LogP contribution in [0.4, 0.5) is 0 Å². The van der Waals surface area contributed by atoms with Crippen LogP contribution in [0.1, 0.15) is 11.3 Å². The van der Waals surface area contributed by atoms with Crippen molar-refractivity contribution in [3.63, 3.8) is 0 Å². The summed E-state index contributed by atoms with van der Waals surface area (Å²) in [6.45, 7) is 0.317. The van der Waals surface area contributed by atoms with Gasteiger partial charge in [-0.1, -0.05) is 18.2 Å². The van der Waals surface area contributed by atoms with Crippen LogP contribution in [-0.2, 0) is 11.4 Å². The van der Waals surface area contributed by atoms with Gasteiger partial charge in [0.25, 0.3) is 0 Å². The molecule has 0 aliphatic heterocycles. The highest BCUT2D eigenvalue weighted by molar-refractivity contribution is 9.10. The zero-order valence-electron chi connectivity index (χ0n) is 10.5. The first-order chi connectivity index (χ1) is 9.66. The number of rotatable bonds is 5. The van der Waals surface area contributed by atoms with Gasteiger partial charge in [-0.25, -0.2) is 4.79 Å². The number of halogens is 1. The first kappa shape index (κ1) is 14.3. The second-order valence-electron chi connectivity index (χ2n) is 3.94. The number of nitrogens with zero attached hydrogens (tertiary/aromatic N) is 1. The third kappa shape index (κ3) is 3.93. The molecule has 0 saturated heterocycles.